The molecular weight excluding hydrogens is 355 g/mol. The van der Waals surface area contributed by atoms with Gasteiger partial charge < -0.3 is 5.11 Å². The van der Waals surface area contributed by atoms with Crippen LogP contribution in [0.1, 0.15) is 25.0 Å². The van der Waals surface area contributed by atoms with E-state index < -0.39 is 5.79 Å². The average Bonchev–Trinajstić information content (AvgIpc) is 3.07. The number of phenolic OH excluding ortho intramolecular Hbond substituents is 1. The van der Waals surface area contributed by atoms with Crippen LogP contribution in [-0.2, 0) is 6.42 Å². The van der Waals surface area contributed by atoms with Gasteiger partial charge in [0.1, 0.15) is 11.4 Å². The van der Waals surface area contributed by atoms with Gasteiger partial charge in [-0.25, -0.2) is 4.39 Å². The fraction of sp³-hybridized carbons (Fsp3) is 0.316. The van der Waals surface area contributed by atoms with Crippen molar-refractivity contribution in [2.75, 3.05) is 6.54 Å². The van der Waals surface area contributed by atoms with Gasteiger partial charge in [-0.3, -0.25) is 10.3 Å². The molecule has 1 saturated heterocycles. The molecule has 2 aromatic heterocycles. The van der Waals surface area contributed by atoms with Crippen molar-refractivity contribution < 1.29 is 9.50 Å². The third-order valence-electron chi connectivity index (χ3n) is 4.82. The van der Waals surface area contributed by atoms with Crippen LogP contribution in [0.25, 0.3) is 22.0 Å². The number of aromatic nitrogens is 3. The highest BCUT2D eigenvalue weighted by atomic mass is 35.5. The van der Waals surface area contributed by atoms with Gasteiger partial charge in [0.05, 0.1) is 5.69 Å². The summed E-state index contributed by atoms with van der Waals surface area (Å²) in [4.78, 5) is 4.18. The highest BCUT2D eigenvalue weighted by molar-refractivity contribution is 6.30. The van der Waals surface area contributed by atoms with E-state index in [1.54, 1.807) is 24.5 Å². The van der Waals surface area contributed by atoms with E-state index in [0.717, 1.165) is 17.2 Å². The molecule has 5 nitrogen and oxygen atoms in total. The minimum Gasteiger partial charge on any atom is -0.507 e. The van der Waals surface area contributed by atoms with Crippen molar-refractivity contribution in [3.8, 4) is 17.0 Å². The molecule has 1 fully saturated rings. The van der Waals surface area contributed by atoms with Crippen LogP contribution < -0.4 is 5.32 Å². The maximum Gasteiger partial charge on any atom is 0.162 e. The number of aryl methyl sites for hydroxylation is 1. The minimum absolute atomic E-state index is 0.0375. The molecule has 0 amide bonds. The zero-order valence-corrected chi connectivity index (χ0v) is 14.8. The molecule has 1 atom stereocenters. The van der Waals surface area contributed by atoms with Crippen molar-refractivity contribution in [2.45, 2.75) is 31.5 Å². The molecule has 2 N–H and O–H groups in total. The van der Waals surface area contributed by atoms with Crippen molar-refractivity contribution in [2.24, 2.45) is 0 Å². The monoisotopic (exact) mass is 372 g/mol. The molecule has 1 aliphatic heterocycles. The molecule has 1 aliphatic rings. The van der Waals surface area contributed by atoms with Crippen molar-refractivity contribution in [3.63, 3.8) is 0 Å². The number of hydrogen-bond acceptors (Lipinski definition) is 5. The summed E-state index contributed by atoms with van der Waals surface area (Å²) in [5.41, 5.74) is 1.80. The van der Waals surface area contributed by atoms with Gasteiger partial charge >= 0.3 is 0 Å². The maximum absolute atomic E-state index is 14.6. The van der Waals surface area contributed by atoms with Crippen molar-refractivity contribution in [1.82, 2.24) is 20.5 Å². The number of halogens is 2. The number of rotatable bonds is 4. The summed E-state index contributed by atoms with van der Waals surface area (Å²) >= 11 is 5.92. The number of nitrogens with one attached hydrogen (secondary N) is 1. The van der Waals surface area contributed by atoms with E-state index >= 15 is 0 Å². The second-order valence-corrected chi connectivity index (χ2v) is 7.01. The molecule has 1 aromatic carbocycles. The maximum atomic E-state index is 14.6. The molecule has 3 aromatic rings. The number of benzene rings is 1. The topological polar surface area (TPSA) is 70.9 Å². The lowest BCUT2D eigenvalue weighted by molar-refractivity contribution is 0.130. The van der Waals surface area contributed by atoms with Gasteiger partial charge in [0, 0.05) is 40.2 Å². The Morgan fingerprint density at radius 2 is 2.12 bits per heavy atom. The van der Waals surface area contributed by atoms with Crippen LogP contribution in [0.5, 0.6) is 5.75 Å². The largest absolute Gasteiger partial charge is 0.507 e. The quantitative estimate of drug-likeness (QED) is 0.676. The van der Waals surface area contributed by atoms with E-state index in [2.05, 4.69) is 20.5 Å². The van der Waals surface area contributed by atoms with Crippen molar-refractivity contribution in [3.05, 3.63) is 47.4 Å². The molecule has 3 heterocycles. The molecule has 0 radical (unpaired) electrons. The van der Waals surface area contributed by atoms with Crippen LogP contribution in [0.4, 0.5) is 4.39 Å². The first-order valence-corrected chi connectivity index (χ1v) is 8.96. The first-order chi connectivity index (χ1) is 12.6. The Balaban J connectivity index is 1.73. The second kappa shape index (κ2) is 6.78. The van der Waals surface area contributed by atoms with Gasteiger partial charge in [0.15, 0.2) is 5.79 Å². The van der Waals surface area contributed by atoms with Crippen LogP contribution >= 0.6 is 11.6 Å². The van der Waals surface area contributed by atoms with E-state index in [-0.39, 0.29) is 5.75 Å². The molecule has 7 heteroatoms. The first kappa shape index (κ1) is 17.1. The molecule has 0 aliphatic carbocycles. The Labute approximate surface area is 155 Å². The van der Waals surface area contributed by atoms with E-state index in [1.807, 2.05) is 6.07 Å². The number of hydrogen-bond donors (Lipinski definition) is 2. The lowest BCUT2D eigenvalue weighted by Gasteiger charge is -2.19. The lowest BCUT2D eigenvalue weighted by Crippen LogP contribution is -2.35. The Hall–Kier alpha value is -2.31. The SMILES string of the molecule is Oc1cc(Cl)ccc1-c1nnc(CC[C@]2(F)CCCN2)c2cnccc12. The molecule has 26 heavy (non-hydrogen) atoms. The number of pyridine rings is 1. The van der Waals surface area contributed by atoms with E-state index in [0.29, 0.717) is 47.8 Å². The fourth-order valence-electron chi connectivity index (χ4n) is 3.44. The third-order valence-corrected chi connectivity index (χ3v) is 5.06. The average molecular weight is 373 g/mol. The zero-order valence-electron chi connectivity index (χ0n) is 14.0. The summed E-state index contributed by atoms with van der Waals surface area (Å²) in [5, 5.41) is 23.8. The summed E-state index contributed by atoms with van der Waals surface area (Å²) in [6, 6.07) is 6.70. The molecule has 0 spiro atoms. The van der Waals surface area contributed by atoms with Gasteiger partial charge in [0.2, 0.25) is 0 Å². The predicted octanol–water partition coefficient (Wildman–Crippen LogP) is 4.03. The normalized spacial score (nSPS) is 19.9. The zero-order chi connectivity index (χ0) is 18.1. The number of alkyl halides is 1. The van der Waals surface area contributed by atoms with Gasteiger partial charge in [-0.2, -0.15) is 5.10 Å². The molecular formula is C19H18ClFN4O. The fourth-order valence-corrected chi connectivity index (χ4v) is 3.60. The Morgan fingerprint density at radius 3 is 2.88 bits per heavy atom. The molecule has 134 valence electrons. The Morgan fingerprint density at radius 1 is 1.23 bits per heavy atom. The number of fused-ring (bicyclic) bond motifs is 1. The highest BCUT2D eigenvalue weighted by Gasteiger charge is 2.32. The summed E-state index contributed by atoms with van der Waals surface area (Å²) in [6.45, 7) is 0.708. The van der Waals surface area contributed by atoms with Crippen LogP contribution in [0.15, 0.2) is 36.7 Å². The van der Waals surface area contributed by atoms with Gasteiger partial charge in [-0.05, 0) is 50.1 Å². The molecule has 0 saturated carbocycles. The molecule has 0 unspecified atom stereocenters. The Kier molecular flexibility index (Phi) is 4.46. The van der Waals surface area contributed by atoms with Crippen LogP contribution in [0.3, 0.4) is 0 Å². The van der Waals surface area contributed by atoms with E-state index in [1.165, 1.54) is 6.07 Å². The Bertz CT molecular complexity index is 959. The summed E-state index contributed by atoms with van der Waals surface area (Å²) in [6.07, 6.45) is 5.55. The minimum atomic E-state index is -1.33. The molecule has 0 bridgehead atoms. The second-order valence-electron chi connectivity index (χ2n) is 6.57. The van der Waals surface area contributed by atoms with E-state index in [9.17, 15) is 9.50 Å². The van der Waals surface area contributed by atoms with Crippen LogP contribution in [-0.4, -0.2) is 32.6 Å². The van der Waals surface area contributed by atoms with Crippen LogP contribution in [0.2, 0.25) is 5.02 Å². The molecule has 4 rings (SSSR count). The number of aromatic hydroxyl groups is 1. The lowest BCUT2D eigenvalue weighted by atomic mass is 10.0. The summed E-state index contributed by atoms with van der Waals surface area (Å²) in [5.74, 6) is -1.29. The van der Waals surface area contributed by atoms with Crippen LogP contribution in [0, 0.1) is 0 Å². The first-order valence-electron chi connectivity index (χ1n) is 8.58. The van der Waals surface area contributed by atoms with E-state index in [4.69, 9.17) is 11.6 Å². The van der Waals surface area contributed by atoms with Gasteiger partial charge in [-0.15, -0.1) is 5.10 Å². The van der Waals surface area contributed by atoms with Gasteiger partial charge in [0.25, 0.3) is 0 Å². The van der Waals surface area contributed by atoms with Crippen molar-refractivity contribution in [1.29, 1.82) is 0 Å². The number of nitrogens with zero attached hydrogens (tertiary/aromatic N) is 3. The summed E-state index contributed by atoms with van der Waals surface area (Å²) < 4.78 is 14.6. The van der Waals surface area contributed by atoms with Gasteiger partial charge in [-0.1, -0.05) is 11.6 Å². The predicted molar refractivity (Wildman–Crippen MR) is 98.8 cm³/mol. The standard InChI is InChI=1S/C19H18ClFN4O/c20-12-2-3-14(17(26)10-12)18-13-5-9-22-11-15(13)16(24-25-18)4-7-19(21)6-1-8-23-19/h2-3,5,9-11,23,26H,1,4,6-8H2/t19-/m0/s1. The highest BCUT2D eigenvalue weighted by Crippen LogP contribution is 2.35. The smallest absolute Gasteiger partial charge is 0.162 e. The number of phenols is 1. The van der Waals surface area contributed by atoms with Crippen molar-refractivity contribution >= 4 is 22.4 Å². The third kappa shape index (κ3) is 3.22. The summed E-state index contributed by atoms with van der Waals surface area (Å²) in [7, 11) is 0.